The Hall–Kier alpha value is -2.31. The number of halogens is 2. The van der Waals surface area contributed by atoms with Crippen molar-refractivity contribution in [3.05, 3.63) is 47.5 Å². The summed E-state index contributed by atoms with van der Waals surface area (Å²) in [6.45, 7) is -1.09. The van der Waals surface area contributed by atoms with E-state index in [0.717, 1.165) is 29.1 Å². The van der Waals surface area contributed by atoms with E-state index in [2.05, 4.69) is 10.1 Å². The first-order valence-electron chi connectivity index (χ1n) is 7.21. The minimum atomic E-state index is -2.77. The van der Waals surface area contributed by atoms with Gasteiger partial charge in [0.1, 0.15) is 5.82 Å². The monoisotopic (exact) mass is 304 g/mol. The minimum Gasteiger partial charge on any atom is -0.324 e. The van der Waals surface area contributed by atoms with Crippen LogP contribution < -0.4 is 0 Å². The summed E-state index contributed by atoms with van der Waals surface area (Å²) in [6, 6.07) is 9.94. The molecule has 2 aromatic rings. The van der Waals surface area contributed by atoms with Crippen LogP contribution in [0.4, 0.5) is 8.78 Å². The standard InChI is InChI=1S/C15H14F2N4O/c16-15(17)8-20(9-15)14(22)13-18-12-7-6-11(21(12)19-13)10-4-2-1-3-5-10/h1-5,11H,6-9H2/t11-/m1/s1. The van der Waals surface area contributed by atoms with Gasteiger partial charge in [-0.2, -0.15) is 0 Å². The van der Waals surface area contributed by atoms with Crippen molar-refractivity contribution in [2.75, 3.05) is 13.1 Å². The maximum atomic E-state index is 12.9. The van der Waals surface area contributed by atoms with Crippen LogP contribution in [0.2, 0.25) is 0 Å². The van der Waals surface area contributed by atoms with E-state index in [1.165, 1.54) is 0 Å². The fourth-order valence-corrected chi connectivity index (χ4v) is 3.03. The second kappa shape index (κ2) is 4.59. The Labute approximate surface area is 125 Å². The maximum absolute atomic E-state index is 12.9. The number of carbonyl (C=O) groups is 1. The average Bonchev–Trinajstić information content (AvgIpc) is 3.04. The van der Waals surface area contributed by atoms with Crippen molar-refractivity contribution < 1.29 is 13.6 Å². The smallest absolute Gasteiger partial charge is 0.293 e. The number of nitrogens with zero attached hydrogens (tertiary/aromatic N) is 4. The minimum absolute atomic E-state index is 0.0196. The number of amides is 1. The van der Waals surface area contributed by atoms with Gasteiger partial charge in [0.2, 0.25) is 5.82 Å². The van der Waals surface area contributed by atoms with E-state index in [9.17, 15) is 13.6 Å². The number of rotatable bonds is 2. The average molecular weight is 304 g/mol. The van der Waals surface area contributed by atoms with Crippen LogP contribution in [0.1, 0.15) is 34.5 Å². The molecule has 7 heteroatoms. The number of aryl methyl sites for hydroxylation is 1. The van der Waals surface area contributed by atoms with Crippen molar-refractivity contribution in [3.63, 3.8) is 0 Å². The van der Waals surface area contributed by atoms with Crippen LogP contribution in [0.15, 0.2) is 30.3 Å². The summed E-state index contributed by atoms with van der Waals surface area (Å²) in [6.07, 6.45) is 1.62. The molecule has 2 aliphatic rings. The molecule has 0 aliphatic carbocycles. The summed E-state index contributed by atoms with van der Waals surface area (Å²) in [5.74, 6) is -2.53. The van der Waals surface area contributed by atoms with Gasteiger partial charge >= 0.3 is 0 Å². The molecule has 22 heavy (non-hydrogen) atoms. The lowest BCUT2D eigenvalue weighted by molar-refractivity contribution is -0.113. The van der Waals surface area contributed by atoms with Crippen molar-refractivity contribution in [2.45, 2.75) is 24.8 Å². The highest BCUT2D eigenvalue weighted by molar-refractivity contribution is 5.91. The van der Waals surface area contributed by atoms with Crippen molar-refractivity contribution >= 4 is 5.91 Å². The Kier molecular flexibility index (Phi) is 2.79. The van der Waals surface area contributed by atoms with Crippen molar-refractivity contribution in [2.24, 2.45) is 0 Å². The predicted octanol–water partition coefficient (Wildman–Crippen LogP) is 1.90. The van der Waals surface area contributed by atoms with Crippen molar-refractivity contribution in [3.8, 4) is 0 Å². The van der Waals surface area contributed by atoms with Gasteiger partial charge in [-0.15, -0.1) is 5.10 Å². The van der Waals surface area contributed by atoms with Crippen LogP contribution in [0.5, 0.6) is 0 Å². The maximum Gasteiger partial charge on any atom is 0.293 e. The van der Waals surface area contributed by atoms with Gasteiger partial charge in [-0.1, -0.05) is 30.3 Å². The van der Waals surface area contributed by atoms with Crippen LogP contribution in [0.3, 0.4) is 0 Å². The quantitative estimate of drug-likeness (QED) is 0.851. The molecule has 0 saturated carbocycles. The van der Waals surface area contributed by atoms with E-state index in [1.807, 2.05) is 30.3 Å². The third kappa shape index (κ3) is 2.08. The predicted molar refractivity (Wildman–Crippen MR) is 73.8 cm³/mol. The fraction of sp³-hybridized carbons (Fsp3) is 0.400. The zero-order valence-electron chi connectivity index (χ0n) is 11.7. The third-order valence-corrected chi connectivity index (χ3v) is 4.15. The zero-order valence-corrected chi connectivity index (χ0v) is 11.7. The number of hydrogen-bond acceptors (Lipinski definition) is 3. The number of alkyl halides is 2. The summed E-state index contributed by atoms with van der Waals surface area (Å²) in [5, 5.41) is 4.27. The Morgan fingerprint density at radius 2 is 1.95 bits per heavy atom. The summed E-state index contributed by atoms with van der Waals surface area (Å²) < 4.78 is 27.5. The van der Waals surface area contributed by atoms with Crippen LogP contribution in [0.25, 0.3) is 0 Å². The molecule has 1 saturated heterocycles. The molecule has 1 atom stereocenters. The molecule has 1 amide bonds. The largest absolute Gasteiger partial charge is 0.324 e. The van der Waals surface area contributed by atoms with E-state index < -0.39 is 24.9 Å². The van der Waals surface area contributed by atoms with E-state index in [1.54, 1.807) is 4.68 Å². The van der Waals surface area contributed by atoms with Crippen molar-refractivity contribution in [1.29, 1.82) is 0 Å². The van der Waals surface area contributed by atoms with E-state index >= 15 is 0 Å². The molecular formula is C15H14F2N4O. The highest BCUT2D eigenvalue weighted by atomic mass is 19.3. The summed E-state index contributed by atoms with van der Waals surface area (Å²) in [7, 11) is 0. The number of hydrogen-bond donors (Lipinski definition) is 0. The van der Waals surface area contributed by atoms with Gasteiger partial charge in [0.25, 0.3) is 11.8 Å². The number of likely N-dealkylation sites (tertiary alicyclic amines) is 1. The van der Waals surface area contributed by atoms with Gasteiger partial charge in [0.05, 0.1) is 19.1 Å². The number of carbonyl (C=O) groups excluding carboxylic acids is 1. The molecule has 114 valence electrons. The molecule has 0 bridgehead atoms. The Balaban J connectivity index is 1.58. The molecule has 4 rings (SSSR count). The molecule has 1 fully saturated rings. The van der Waals surface area contributed by atoms with Crippen LogP contribution in [0, 0.1) is 0 Å². The van der Waals surface area contributed by atoms with Gasteiger partial charge in [-0.05, 0) is 12.0 Å². The lowest BCUT2D eigenvalue weighted by Gasteiger charge is -2.37. The topological polar surface area (TPSA) is 51.0 Å². The molecule has 5 nitrogen and oxygen atoms in total. The number of fused-ring (bicyclic) bond motifs is 1. The molecule has 0 radical (unpaired) electrons. The molecular weight excluding hydrogens is 290 g/mol. The normalized spacial score (nSPS) is 22.3. The second-order valence-corrected chi connectivity index (χ2v) is 5.78. The van der Waals surface area contributed by atoms with E-state index in [0.29, 0.717) is 0 Å². The van der Waals surface area contributed by atoms with Gasteiger partial charge in [0.15, 0.2) is 0 Å². The molecule has 1 aromatic heterocycles. The first-order chi connectivity index (χ1) is 10.5. The Morgan fingerprint density at radius 1 is 1.23 bits per heavy atom. The number of benzene rings is 1. The number of aromatic nitrogens is 3. The van der Waals surface area contributed by atoms with Gasteiger partial charge in [0, 0.05) is 6.42 Å². The van der Waals surface area contributed by atoms with Crippen molar-refractivity contribution in [1.82, 2.24) is 19.7 Å². The van der Waals surface area contributed by atoms with Gasteiger partial charge in [-0.3, -0.25) is 4.79 Å². The Bertz CT molecular complexity index is 720. The fourth-order valence-electron chi connectivity index (χ4n) is 3.03. The molecule has 3 heterocycles. The first kappa shape index (κ1) is 13.4. The second-order valence-electron chi connectivity index (χ2n) is 5.78. The lowest BCUT2D eigenvalue weighted by atomic mass is 10.1. The highest BCUT2D eigenvalue weighted by Crippen LogP contribution is 2.31. The SMILES string of the molecule is O=C(c1nc2n(n1)[C@@H](c1ccccc1)CC2)N1CC(F)(F)C1. The highest BCUT2D eigenvalue weighted by Gasteiger charge is 2.47. The molecule has 0 N–H and O–H groups in total. The van der Waals surface area contributed by atoms with Gasteiger partial charge in [-0.25, -0.2) is 18.4 Å². The van der Waals surface area contributed by atoms with Gasteiger partial charge < -0.3 is 4.90 Å². The van der Waals surface area contributed by atoms with E-state index in [-0.39, 0.29) is 11.9 Å². The zero-order chi connectivity index (χ0) is 15.3. The third-order valence-electron chi connectivity index (χ3n) is 4.15. The van der Waals surface area contributed by atoms with Crippen LogP contribution in [-0.4, -0.2) is 44.6 Å². The van der Waals surface area contributed by atoms with Crippen LogP contribution in [-0.2, 0) is 6.42 Å². The molecule has 0 unspecified atom stereocenters. The summed E-state index contributed by atoms with van der Waals surface area (Å²) >= 11 is 0. The van der Waals surface area contributed by atoms with Crippen LogP contribution >= 0.6 is 0 Å². The molecule has 2 aliphatic heterocycles. The summed E-state index contributed by atoms with van der Waals surface area (Å²) in [4.78, 5) is 17.4. The summed E-state index contributed by atoms with van der Waals surface area (Å²) in [5.41, 5.74) is 1.11. The molecule has 1 aromatic carbocycles. The Morgan fingerprint density at radius 3 is 2.64 bits per heavy atom. The first-order valence-corrected chi connectivity index (χ1v) is 7.21. The van der Waals surface area contributed by atoms with E-state index in [4.69, 9.17) is 0 Å². The molecule has 0 spiro atoms. The lowest BCUT2D eigenvalue weighted by Crippen LogP contribution is -2.58.